The number of hydrogen-bond acceptors (Lipinski definition) is 1. The highest BCUT2D eigenvalue weighted by atomic mass is 35.5. The number of halogens is 1. The Bertz CT molecular complexity index is 260. The molecule has 0 aliphatic carbocycles. The molecule has 1 nitrogen and oxygen atoms in total. The van der Waals surface area contributed by atoms with Crippen molar-refractivity contribution in [2.45, 2.75) is 0 Å². The number of rotatable bonds is 1. The second-order valence-corrected chi connectivity index (χ2v) is 3.83. The smallest absolute Gasteiger partial charge is 0.102 e. The third-order valence-corrected chi connectivity index (χ3v) is 2.72. The van der Waals surface area contributed by atoms with Crippen LogP contribution >= 0.6 is 19.4 Å². The van der Waals surface area contributed by atoms with Crippen molar-refractivity contribution in [2.75, 3.05) is 6.66 Å². The van der Waals surface area contributed by atoms with E-state index >= 15 is 0 Å². The fourth-order valence-electron chi connectivity index (χ4n) is 0.707. The highest BCUT2D eigenvalue weighted by Gasteiger charge is 2.00. The quantitative estimate of drug-likeness (QED) is 0.596. The molecule has 3 heteroatoms. The molecule has 10 heavy (non-hydrogen) atoms. The van der Waals surface area contributed by atoms with Gasteiger partial charge in [-0.2, -0.15) is 0 Å². The van der Waals surface area contributed by atoms with Crippen molar-refractivity contribution in [2.24, 2.45) is 0 Å². The molecule has 1 rings (SSSR count). The van der Waals surface area contributed by atoms with Crippen molar-refractivity contribution < 1.29 is 4.57 Å². The molecule has 0 amide bonds. The fraction of sp³-hybridized carbons (Fsp3) is 0.143. The molecule has 0 fully saturated rings. The molecule has 0 saturated carbocycles. The van der Waals surface area contributed by atoms with Gasteiger partial charge in [0.1, 0.15) is 7.80 Å². The van der Waals surface area contributed by atoms with Crippen molar-refractivity contribution >= 4 is 24.7 Å². The summed E-state index contributed by atoms with van der Waals surface area (Å²) in [5.41, 5.74) is 0. The maximum Gasteiger partial charge on any atom is 0.102 e. The van der Waals surface area contributed by atoms with E-state index in [2.05, 4.69) is 0 Å². The summed E-state index contributed by atoms with van der Waals surface area (Å²) in [5.74, 6) is 0. The van der Waals surface area contributed by atoms with Gasteiger partial charge < -0.3 is 0 Å². The Morgan fingerprint density at radius 3 is 2.40 bits per heavy atom. The van der Waals surface area contributed by atoms with Crippen LogP contribution in [0, 0.1) is 0 Å². The topological polar surface area (TPSA) is 17.1 Å². The first-order valence-electron chi connectivity index (χ1n) is 2.87. The standard InChI is InChI=1S/C7H7ClOP/c1-10(9)7-5-3-2-4-6(7)8/h2-5H,1H3. The number of benzene rings is 1. The van der Waals surface area contributed by atoms with Gasteiger partial charge in [-0.15, -0.1) is 0 Å². The van der Waals surface area contributed by atoms with Crippen LogP contribution in [0.15, 0.2) is 24.3 Å². The molecule has 0 aliphatic rings. The second kappa shape index (κ2) is 3.14. The van der Waals surface area contributed by atoms with Crippen LogP contribution in [-0.4, -0.2) is 6.66 Å². The molecular formula is C7H7ClOP. The van der Waals surface area contributed by atoms with Gasteiger partial charge in [0.15, 0.2) is 0 Å². The van der Waals surface area contributed by atoms with E-state index in [1.54, 1.807) is 18.8 Å². The zero-order valence-corrected chi connectivity index (χ0v) is 7.19. The molecule has 0 heterocycles. The molecule has 0 aromatic heterocycles. The molecule has 0 saturated heterocycles. The largest absolute Gasteiger partial charge is 0.282 e. The lowest BCUT2D eigenvalue weighted by Gasteiger charge is -1.95. The molecule has 1 radical (unpaired) electrons. The SMILES string of the molecule is C[P](=O)c1ccccc1Cl. The van der Waals surface area contributed by atoms with Crippen LogP contribution in [0.2, 0.25) is 5.02 Å². The Balaban J connectivity index is 3.15. The van der Waals surface area contributed by atoms with Gasteiger partial charge in [-0.05, 0) is 12.1 Å². The van der Waals surface area contributed by atoms with E-state index in [1.165, 1.54) is 0 Å². The van der Waals surface area contributed by atoms with E-state index in [4.69, 9.17) is 11.6 Å². The van der Waals surface area contributed by atoms with E-state index in [0.29, 0.717) is 5.02 Å². The van der Waals surface area contributed by atoms with Gasteiger partial charge in [0.2, 0.25) is 0 Å². The zero-order valence-electron chi connectivity index (χ0n) is 5.54. The zero-order chi connectivity index (χ0) is 7.56. The minimum atomic E-state index is -1.30. The van der Waals surface area contributed by atoms with Crippen molar-refractivity contribution in [1.29, 1.82) is 0 Å². The van der Waals surface area contributed by atoms with Gasteiger partial charge in [-0.3, -0.25) is 4.57 Å². The van der Waals surface area contributed by atoms with Gasteiger partial charge in [0.05, 0.1) is 10.3 Å². The first kappa shape index (κ1) is 7.71. The minimum Gasteiger partial charge on any atom is -0.282 e. The van der Waals surface area contributed by atoms with E-state index in [0.717, 1.165) is 5.30 Å². The maximum atomic E-state index is 10.9. The lowest BCUT2D eigenvalue weighted by molar-refractivity contribution is 0.596. The lowest BCUT2D eigenvalue weighted by Crippen LogP contribution is -1.95. The minimum absolute atomic E-state index is 0.589. The van der Waals surface area contributed by atoms with Crippen LogP contribution in [0.1, 0.15) is 0 Å². The monoisotopic (exact) mass is 173 g/mol. The van der Waals surface area contributed by atoms with Crippen LogP contribution in [0.25, 0.3) is 0 Å². The van der Waals surface area contributed by atoms with Crippen molar-refractivity contribution in [3.63, 3.8) is 0 Å². The summed E-state index contributed by atoms with van der Waals surface area (Å²) < 4.78 is 10.9. The van der Waals surface area contributed by atoms with E-state index in [1.807, 2.05) is 12.1 Å². The molecular weight excluding hydrogens is 167 g/mol. The average molecular weight is 174 g/mol. The normalized spacial score (nSPS) is 11.2. The Hall–Kier alpha value is -0.390. The summed E-state index contributed by atoms with van der Waals surface area (Å²) in [7, 11) is -1.30. The highest BCUT2D eigenvalue weighted by Crippen LogP contribution is 2.19. The van der Waals surface area contributed by atoms with Crippen molar-refractivity contribution in [1.82, 2.24) is 0 Å². The van der Waals surface area contributed by atoms with Crippen LogP contribution in [0.3, 0.4) is 0 Å². The average Bonchev–Trinajstić information content (AvgIpc) is 1.88. The summed E-state index contributed by atoms with van der Waals surface area (Å²) in [6.07, 6.45) is 0. The van der Waals surface area contributed by atoms with Crippen LogP contribution in [-0.2, 0) is 4.57 Å². The van der Waals surface area contributed by atoms with Crippen LogP contribution < -0.4 is 5.30 Å². The lowest BCUT2D eigenvalue weighted by atomic mass is 10.4. The Kier molecular flexibility index (Phi) is 2.42. The third kappa shape index (κ3) is 1.56. The molecule has 1 unspecified atom stereocenters. The van der Waals surface area contributed by atoms with Crippen molar-refractivity contribution in [3.8, 4) is 0 Å². The van der Waals surface area contributed by atoms with E-state index in [9.17, 15) is 4.57 Å². The van der Waals surface area contributed by atoms with Gasteiger partial charge >= 0.3 is 0 Å². The Morgan fingerprint density at radius 1 is 1.40 bits per heavy atom. The summed E-state index contributed by atoms with van der Waals surface area (Å²) >= 11 is 5.74. The summed E-state index contributed by atoms with van der Waals surface area (Å²) in [5, 5.41) is 1.32. The molecule has 0 aliphatic heterocycles. The predicted molar refractivity (Wildman–Crippen MR) is 44.6 cm³/mol. The first-order valence-corrected chi connectivity index (χ1v) is 4.95. The second-order valence-electron chi connectivity index (χ2n) is 1.95. The van der Waals surface area contributed by atoms with Crippen molar-refractivity contribution in [3.05, 3.63) is 29.3 Å². The summed E-state index contributed by atoms with van der Waals surface area (Å²) in [4.78, 5) is 0. The Morgan fingerprint density at radius 2 is 2.00 bits per heavy atom. The Labute approximate surface area is 65.8 Å². The summed E-state index contributed by atoms with van der Waals surface area (Å²) in [6, 6.07) is 7.18. The molecule has 0 spiro atoms. The maximum absolute atomic E-state index is 10.9. The van der Waals surface area contributed by atoms with Crippen LogP contribution in [0.4, 0.5) is 0 Å². The van der Waals surface area contributed by atoms with Gasteiger partial charge in [-0.25, -0.2) is 0 Å². The molecule has 0 N–H and O–H groups in total. The molecule has 1 aromatic carbocycles. The van der Waals surface area contributed by atoms with Gasteiger partial charge in [0.25, 0.3) is 0 Å². The van der Waals surface area contributed by atoms with Crippen LogP contribution in [0.5, 0.6) is 0 Å². The van der Waals surface area contributed by atoms with E-state index in [-0.39, 0.29) is 0 Å². The van der Waals surface area contributed by atoms with Gasteiger partial charge in [0, 0.05) is 6.66 Å². The molecule has 0 bridgehead atoms. The summed E-state index contributed by atoms with van der Waals surface area (Å²) in [6.45, 7) is 1.65. The third-order valence-electron chi connectivity index (χ3n) is 1.19. The highest BCUT2D eigenvalue weighted by molar-refractivity contribution is 7.53. The molecule has 1 aromatic rings. The molecule has 1 atom stereocenters. The van der Waals surface area contributed by atoms with Gasteiger partial charge in [-0.1, -0.05) is 23.7 Å². The fourth-order valence-corrected chi connectivity index (χ4v) is 1.87. The predicted octanol–water partition coefficient (Wildman–Crippen LogP) is 2.42. The van der Waals surface area contributed by atoms with E-state index < -0.39 is 7.80 Å². The molecule has 53 valence electrons. The first-order chi connectivity index (χ1) is 4.72. The number of hydrogen-bond donors (Lipinski definition) is 0.